The van der Waals surface area contributed by atoms with Gasteiger partial charge in [0.2, 0.25) is 5.91 Å². The smallest absolute Gasteiger partial charge is 0.222 e. The largest absolute Gasteiger partial charge is 0.396 e. The fourth-order valence-electron chi connectivity index (χ4n) is 3.58. The van der Waals surface area contributed by atoms with Crippen LogP contribution in [0.5, 0.6) is 0 Å². The second kappa shape index (κ2) is 6.55. The highest BCUT2D eigenvalue weighted by atomic mass is 16.3. The minimum Gasteiger partial charge on any atom is -0.396 e. The summed E-state index contributed by atoms with van der Waals surface area (Å²) in [6, 6.07) is 0. The van der Waals surface area contributed by atoms with Crippen molar-refractivity contribution >= 4 is 5.91 Å². The van der Waals surface area contributed by atoms with Crippen LogP contribution in [0.15, 0.2) is 0 Å². The highest BCUT2D eigenvalue weighted by Gasteiger charge is 2.36. The molecule has 1 spiro atoms. The Hall–Kier alpha value is -0.570. The zero-order valence-electron chi connectivity index (χ0n) is 11.5. The van der Waals surface area contributed by atoms with E-state index in [1.165, 1.54) is 44.9 Å². The summed E-state index contributed by atoms with van der Waals surface area (Å²) in [5.74, 6) is 0.300. The van der Waals surface area contributed by atoms with E-state index in [-0.39, 0.29) is 6.61 Å². The van der Waals surface area contributed by atoms with Crippen LogP contribution in [0.4, 0.5) is 0 Å². The molecule has 0 unspecified atom stereocenters. The van der Waals surface area contributed by atoms with Crippen LogP contribution in [-0.2, 0) is 4.79 Å². The van der Waals surface area contributed by atoms with E-state index in [1.807, 2.05) is 0 Å². The number of hydrogen-bond acceptors (Lipinski definition) is 2. The molecule has 1 N–H and O–H groups in total. The van der Waals surface area contributed by atoms with Gasteiger partial charge in [0.15, 0.2) is 0 Å². The second-order valence-corrected chi connectivity index (χ2v) is 6.12. The minimum absolute atomic E-state index is 0.205. The van der Waals surface area contributed by atoms with E-state index >= 15 is 0 Å². The molecule has 0 atom stereocenters. The molecule has 3 nitrogen and oxygen atoms in total. The lowest BCUT2D eigenvalue weighted by atomic mass is 9.68. The van der Waals surface area contributed by atoms with Gasteiger partial charge in [0, 0.05) is 26.1 Å². The van der Waals surface area contributed by atoms with Crippen LogP contribution in [0, 0.1) is 5.41 Å². The van der Waals surface area contributed by atoms with Crippen molar-refractivity contribution in [2.45, 2.75) is 64.2 Å². The lowest BCUT2D eigenvalue weighted by Crippen LogP contribution is -2.43. The number of carbonyl (C=O) groups excluding carboxylic acids is 1. The van der Waals surface area contributed by atoms with Gasteiger partial charge in [-0.3, -0.25) is 4.79 Å². The first-order valence-electron chi connectivity index (χ1n) is 7.64. The van der Waals surface area contributed by atoms with Crippen LogP contribution in [-0.4, -0.2) is 35.6 Å². The zero-order valence-corrected chi connectivity index (χ0v) is 11.5. The third kappa shape index (κ3) is 3.47. The zero-order chi connectivity index (χ0) is 12.8. The van der Waals surface area contributed by atoms with Gasteiger partial charge in [-0.25, -0.2) is 0 Å². The SMILES string of the molecule is O=C(CCCCO)N1CCC2(CCCCC2)CC1. The highest BCUT2D eigenvalue weighted by molar-refractivity contribution is 5.76. The number of carbonyl (C=O) groups is 1. The molecular formula is C15H27NO2. The maximum atomic E-state index is 12.0. The van der Waals surface area contributed by atoms with Crippen LogP contribution in [0.2, 0.25) is 0 Å². The Bertz CT molecular complexity index is 262. The molecule has 0 aromatic carbocycles. The van der Waals surface area contributed by atoms with Crippen molar-refractivity contribution in [1.82, 2.24) is 4.90 Å². The van der Waals surface area contributed by atoms with Gasteiger partial charge in [-0.1, -0.05) is 19.3 Å². The van der Waals surface area contributed by atoms with Gasteiger partial charge in [0.05, 0.1) is 0 Å². The lowest BCUT2D eigenvalue weighted by molar-refractivity contribution is -0.134. The van der Waals surface area contributed by atoms with Gasteiger partial charge in [0.1, 0.15) is 0 Å². The molecule has 1 saturated carbocycles. The standard InChI is InChI=1S/C15H27NO2/c17-13-5-2-6-14(18)16-11-9-15(10-12-16)7-3-1-4-8-15/h17H,1-13H2. The molecule has 2 rings (SSSR count). The van der Waals surface area contributed by atoms with Crippen molar-refractivity contribution < 1.29 is 9.90 Å². The Morgan fingerprint density at radius 3 is 2.28 bits per heavy atom. The predicted octanol–water partition coefficient (Wildman–Crippen LogP) is 2.72. The molecule has 2 fully saturated rings. The Kier molecular flexibility index (Phi) is 5.04. The monoisotopic (exact) mass is 253 g/mol. The number of piperidine rings is 1. The van der Waals surface area contributed by atoms with Crippen molar-refractivity contribution in [1.29, 1.82) is 0 Å². The van der Waals surface area contributed by atoms with Crippen molar-refractivity contribution in [3.05, 3.63) is 0 Å². The van der Waals surface area contributed by atoms with E-state index in [9.17, 15) is 4.79 Å². The van der Waals surface area contributed by atoms with Gasteiger partial charge in [-0.2, -0.15) is 0 Å². The lowest BCUT2D eigenvalue weighted by Gasteiger charge is -2.44. The maximum absolute atomic E-state index is 12.0. The van der Waals surface area contributed by atoms with Crippen LogP contribution in [0.3, 0.4) is 0 Å². The first kappa shape index (κ1) is 13.9. The van der Waals surface area contributed by atoms with E-state index in [1.54, 1.807) is 0 Å². The summed E-state index contributed by atoms with van der Waals surface area (Å²) in [4.78, 5) is 14.0. The first-order chi connectivity index (χ1) is 8.76. The number of rotatable bonds is 4. The van der Waals surface area contributed by atoms with Gasteiger partial charge in [0.25, 0.3) is 0 Å². The minimum atomic E-state index is 0.205. The molecule has 0 radical (unpaired) electrons. The van der Waals surface area contributed by atoms with Gasteiger partial charge >= 0.3 is 0 Å². The number of hydrogen-bond donors (Lipinski definition) is 1. The van der Waals surface area contributed by atoms with Gasteiger partial charge in [-0.05, 0) is 43.9 Å². The van der Waals surface area contributed by atoms with E-state index in [0.717, 1.165) is 25.9 Å². The molecule has 104 valence electrons. The topological polar surface area (TPSA) is 40.5 Å². The Morgan fingerprint density at radius 2 is 1.67 bits per heavy atom. The molecule has 18 heavy (non-hydrogen) atoms. The molecule has 2 aliphatic rings. The number of nitrogens with zero attached hydrogens (tertiary/aromatic N) is 1. The fourth-order valence-corrected chi connectivity index (χ4v) is 3.58. The molecule has 1 heterocycles. The summed E-state index contributed by atoms with van der Waals surface area (Å²) >= 11 is 0. The number of amides is 1. The summed E-state index contributed by atoms with van der Waals surface area (Å²) in [5, 5.41) is 8.73. The Balaban J connectivity index is 1.73. The maximum Gasteiger partial charge on any atom is 0.222 e. The van der Waals surface area contributed by atoms with Crippen LogP contribution in [0.25, 0.3) is 0 Å². The van der Waals surface area contributed by atoms with Crippen molar-refractivity contribution in [2.24, 2.45) is 5.41 Å². The van der Waals surface area contributed by atoms with Crippen LogP contribution >= 0.6 is 0 Å². The second-order valence-electron chi connectivity index (χ2n) is 6.12. The molecule has 3 heteroatoms. The Morgan fingerprint density at radius 1 is 1.00 bits per heavy atom. The third-order valence-corrected chi connectivity index (χ3v) is 4.89. The van der Waals surface area contributed by atoms with E-state index in [4.69, 9.17) is 5.11 Å². The van der Waals surface area contributed by atoms with Crippen molar-refractivity contribution in [2.75, 3.05) is 19.7 Å². The number of aliphatic hydroxyl groups excluding tert-OH is 1. The molecule has 1 aliphatic heterocycles. The summed E-state index contributed by atoms with van der Waals surface area (Å²) in [6.07, 6.45) is 11.6. The summed E-state index contributed by atoms with van der Waals surface area (Å²) in [6.45, 7) is 2.15. The van der Waals surface area contributed by atoms with Crippen LogP contribution in [0.1, 0.15) is 64.2 Å². The van der Waals surface area contributed by atoms with Crippen molar-refractivity contribution in [3.63, 3.8) is 0 Å². The summed E-state index contributed by atoms with van der Waals surface area (Å²) in [7, 11) is 0. The quantitative estimate of drug-likeness (QED) is 0.783. The molecular weight excluding hydrogens is 226 g/mol. The summed E-state index contributed by atoms with van der Waals surface area (Å²) in [5.41, 5.74) is 0.583. The van der Waals surface area contributed by atoms with Crippen molar-refractivity contribution in [3.8, 4) is 0 Å². The average Bonchev–Trinajstić information content (AvgIpc) is 2.41. The molecule has 1 amide bonds. The molecule has 1 saturated heterocycles. The first-order valence-corrected chi connectivity index (χ1v) is 7.64. The number of aliphatic hydroxyl groups is 1. The van der Waals surface area contributed by atoms with Gasteiger partial charge in [-0.15, -0.1) is 0 Å². The molecule has 0 bridgehead atoms. The van der Waals surface area contributed by atoms with E-state index < -0.39 is 0 Å². The normalized spacial score (nSPS) is 23.3. The molecule has 1 aliphatic carbocycles. The van der Waals surface area contributed by atoms with E-state index in [0.29, 0.717) is 17.7 Å². The van der Waals surface area contributed by atoms with Crippen LogP contribution < -0.4 is 0 Å². The molecule has 0 aromatic heterocycles. The van der Waals surface area contributed by atoms with E-state index in [2.05, 4.69) is 4.90 Å². The molecule has 0 aromatic rings. The highest BCUT2D eigenvalue weighted by Crippen LogP contribution is 2.44. The number of likely N-dealkylation sites (tertiary alicyclic amines) is 1. The third-order valence-electron chi connectivity index (χ3n) is 4.89. The fraction of sp³-hybridized carbons (Fsp3) is 0.933. The Labute approximate surface area is 111 Å². The summed E-state index contributed by atoms with van der Waals surface area (Å²) < 4.78 is 0. The number of unbranched alkanes of at least 4 members (excludes halogenated alkanes) is 1. The average molecular weight is 253 g/mol. The van der Waals surface area contributed by atoms with Gasteiger partial charge < -0.3 is 10.0 Å². The predicted molar refractivity (Wildman–Crippen MR) is 72.3 cm³/mol.